The molecule has 0 bridgehead atoms. The van der Waals surface area contributed by atoms with Crippen molar-refractivity contribution in [2.75, 3.05) is 18.1 Å². The molecule has 92 valence electrons. The Morgan fingerprint density at radius 2 is 2.06 bits per heavy atom. The first-order valence-corrected chi connectivity index (χ1v) is 7.91. The highest BCUT2D eigenvalue weighted by Crippen LogP contribution is 2.28. The smallest absolute Gasteiger partial charge is 0.161 e. The molecule has 2 nitrogen and oxygen atoms in total. The van der Waals surface area contributed by atoms with Crippen molar-refractivity contribution in [3.8, 4) is 0 Å². The van der Waals surface area contributed by atoms with Gasteiger partial charge in [0.25, 0.3) is 0 Å². The van der Waals surface area contributed by atoms with Gasteiger partial charge in [0.05, 0.1) is 6.54 Å². The van der Waals surface area contributed by atoms with Crippen LogP contribution in [-0.2, 0) is 0 Å². The molecule has 1 atom stereocenters. The molecule has 0 aromatic heterocycles. The third kappa shape index (κ3) is 3.42. The second kappa shape index (κ2) is 5.83. The molecule has 4 heteroatoms. The van der Waals surface area contributed by atoms with Crippen LogP contribution in [0.4, 0.5) is 5.69 Å². The Morgan fingerprint density at radius 1 is 1.35 bits per heavy atom. The summed E-state index contributed by atoms with van der Waals surface area (Å²) in [7, 11) is 0. The first-order valence-electron chi connectivity index (χ1n) is 5.81. The predicted molar refractivity (Wildman–Crippen MR) is 80.4 cm³/mol. The first-order chi connectivity index (χ1) is 8.19. The minimum Gasteiger partial charge on any atom is -0.335 e. The number of hydrogen-bond donors (Lipinski definition) is 1. The average Bonchev–Trinajstić information content (AvgIpc) is 2.79. The van der Waals surface area contributed by atoms with Gasteiger partial charge < -0.3 is 5.32 Å². The molecule has 0 saturated carbocycles. The monoisotopic (exact) mass is 266 g/mol. The Bertz CT molecular complexity index is 398. The lowest BCUT2D eigenvalue weighted by molar-refractivity contribution is 0.621. The second-order valence-corrected chi connectivity index (χ2v) is 6.51. The fraction of sp³-hybridized carbons (Fsp3) is 0.462. The molecule has 0 radical (unpaired) electrons. The minimum atomic E-state index is 0.628. The van der Waals surface area contributed by atoms with Crippen LogP contribution in [0, 0.1) is 5.92 Å². The van der Waals surface area contributed by atoms with Gasteiger partial charge in [0.2, 0.25) is 0 Å². The van der Waals surface area contributed by atoms with E-state index in [1.807, 2.05) is 11.8 Å². The maximum atomic E-state index is 4.54. The molecule has 0 aliphatic carbocycles. The van der Waals surface area contributed by atoms with Crippen molar-refractivity contribution in [1.82, 2.24) is 0 Å². The van der Waals surface area contributed by atoms with Gasteiger partial charge in [-0.05, 0) is 36.4 Å². The largest absolute Gasteiger partial charge is 0.335 e. The summed E-state index contributed by atoms with van der Waals surface area (Å²) >= 11 is 3.62. The van der Waals surface area contributed by atoms with Crippen molar-refractivity contribution in [3.63, 3.8) is 0 Å². The van der Waals surface area contributed by atoms with Gasteiger partial charge in [0.15, 0.2) is 5.17 Å². The number of thioether (sulfide) groups is 2. The van der Waals surface area contributed by atoms with E-state index in [9.17, 15) is 0 Å². The van der Waals surface area contributed by atoms with E-state index in [1.54, 1.807) is 11.8 Å². The van der Waals surface area contributed by atoms with Crippen LogP contribution in [-0.4, -0.2) is 23.2 Å². The van der Waals surface area contributed by atoms with Crippen LogP contribution >= 0.6 is 23.5 Å². The topological polar surface area (TPSA) is 24.4 Å². The van der Waals surface area contributed by atoms with Gasteiger partial charge in [0.1, 0.15) is 0 Å². The Labute approximate surface area is 112 Å². The quantitative estimate of drug-likeness (QED) is 0.838. The van der Waals surface area contributed by atoms with Crippen molar-refractivity contribution in [1.29, 1.82) is 0 Å². The van der Waals surface area contributed by atoms with Crippen LogP contribution in [0.1, 0.15) is 13.8 Å². The van der Waals surface area contributed by atoms with E-state index in [4.69, 9.17) is 0 Å². The molecule has 1 aliphatic rings. The second-order valence-electron chi connectivity index (χ2n) is 4.40. The van der Waals surface area contributed by atoms with Crippen LogP contribution in [0.25, 0.3) is 0 Å². The summed E-state index contributed by atoms with van der Waals surface area (Å²) in [5.41, 5.74) is 1.12. The third-order valence-corrected chi connectivity index (χ3v) is 4.96. The lowest BCUT2D eigenvalue weighted by Crippen LogP contribution is -2.13. The van der Waals surface area contributed by atoms with Crippen molar-refractivity contribution < 1.29 is 0 Å². The predicted octanol–water partition coefficient (Wildman–Crippen LogP) is 3.95. The van der Waals surface area contributed by atoms with Crippen molar-refractivity contribution in [3.05, 3.63) is 24.3 Å². The molecule has 1 heterocycles. The zero-order valence-corrected chi connectivity index (χ0v) is 12.1. The Morgan fingerprint density at radius 3 is 2.59 bits per heavy atom. The SMILES string of the molecule is CSc1ccc(NC2=NCC(C(C)C)S2)cc1. The highest BCUT2D eigenvalue weighted by atomic mass is 32.2. The van der Waals surface area contributed by atoms with E-state index in [-0.39, 0.29) is 0 Å². The van der Waals surface area contributed by atoms with Gasteiger partial charge in [0, 0.05) is 15.8 Å². The molecule has 1 aromatic rings. The van der Waals surface area contributed by atoms with Crippen LogP contribution in [0.3, 0.4) is 0 Å². The summed E-state index contributed by atoms with van der Waals surface area (Å²) in [6.07, 6.45) is 2.09. The number of amidine groups is 1. The standard InChI is InChI=1S/C13H18N2S2/c1-9(2)12-8-14-13(17-12)15-10-4-6-11(16-3)7-5-10/h4-7,9,12H,8H2,1-3H3,(H,14,15). The van der Waals surface area contributed by atoms with Crippen LogP contribution in [0.2, 0.25) is 0 Å². The highest BCUT2D eigenvalue weighted by molar-refractivity contribution is 8.15. The average molecular weight is 266 g/mol. The Balaban J connectivity index is 1.93. The molecular formula is C13H18N2S2. The highest BCUT2D eigenvalue weighted by Gasteiger charge is 2.22. The van der Waals surface area contributed by atoms with Crippen LogP contribution < -0.4 is 5.32 Å². The zero-order chi connectivity index (χ0) is 12.3. The molecule has 2 rings (SSSR count). The van der Waals surface area contributed by atoms with E-state index in [0.717, 1.165) is 17.4 Å². The van der Waals surface area contributed by atoms with Gasteiger partial charge in [-0.2, -0.15) is 0 Å². The lowest BCUT2D eigenvalue weighted by Gasteiger charge is -2.12. The number of aliphatic imine (C=N–C) groups is 1. The fourth-order valence-corrected chi connectivity index (χ4v) is 3.05. The number of nitrogens with one attached hydrogen (secondary N) is 1. The van der Waals surface area contributed by atoms with Gasteiger partial charge >= 0.3 is 0 Å². The molecule has 0 saturated heterocycles. The van der Waals surface area contributed by atoms with E-state index < -0.39 is 0 Å². The fourth-order valence-electron chi connectivity index (χ4n) is 1.60. The summed E-state index contributed by atoms with van der Waals surface area (Å²) in [4.78, 5) is 5.83. The number of nitrogens with zero attached hydrogens (tertiary/aromatic N) is 1. The molecule has 17 heavy (non-hydrogen) atoms. The maximum Gasteiger partial charge on any atom is 0.161 e. The summed E-state index contributed by atoms with van der Waals surface area (Å²) in [5, 5.41) is 5.06. The Hall–Kier alpha value is -0.610. The summed E-state index contributed by atoms with van der Waals surface area (Å²) in [6, 6.07) is 8.48. The van der Waals surface area contributed by atoms with E-state index in [2.05, 4.69) is 54.7 Å². The van der Waals surface area contributed by atoms with E-state index in [0.29, 0.717) is 11.2 Å². The van der Waals surface area contributed by atoms with Crippen molar-refractivity contribution in [2.24, 2.45) is 10.9 Å². The number of anilines is 1. The molecule has 0 spiro atoms. The number of rotatable bonds is 3. The first kappa shape index (κ1) is 12.8. The number of benzene rings is 1. The van der Waals surface area contributed by atoms with Gasteiger partial charge in [-0.15, -0.1) is 11.8 Å². The molecular weight excluding hydrogens is 248 g/mol. The normalized spacial score (nSPS) is 19.5. The zero-order valence-electron chi connectivity index (χ0n) is 10.4. The molecule has 1 aliphatic heterocycles. The van der Waals surface area contributed by atoms with Gasteiger partial charge in [-0.1, -0.05) is 25.6 Å². The van der Waals surface area contributed by atoms with E-state index in [1.165, 1.54) is 4.90 Å². The van der Waals surface area contributed by atoms with Crippen molar-refractivity contribution >= 4 is 34.4 Å². The van der Waals surface area contributed by atoms with E-state index >= 15 is 0 Å². The minimum absolute atomic E-state index is 0.628. The molecule has 1 unspecified atom stereocenters. The molecule has 1 N–H and O–H groups in total. The van der Waals surface area contributed by atoms with Crippen molar-refractivity contribution in [2.45, 2.75) is 24.0 Å². The molecule has 0 amide bonds. The molecule has 0 fully saturated rings. The molecule has 1 aromatic carbocycles. The summed E-state index contributed by atoms with van der Waals surface area (Å²) in [5.74, 6) is 0.682. The van der Waals surface area contributed by atoms with Gasteiger partial charge in [-0.25, -0.2) is 0 Å². The lowest BCUT2D eigenvalue weighted by atomic mass is 10.1. The third-order valence-electron chi connectivity index (χ3n) is 2.76. The number of hydrogen-bond acceptors (Lipinski definition) is 4. The van der Waals surface area contributed by atoms with Crippen LogP contribution in [0.15, 0.2) is 34.2 Å². The van der Waals surface area contributed by atoms with Gasteiger partial charge in [-0.3, -0.25) is 4.99 Å². The Kier molecular flexibility index (Phi) is 4.40. The van der Waals surface area contributed by atoms with Crippen LogP contribution in [0.5, 0.6) is 0 Å². The summed E-state index contributed by atoms with van der Waals surface area (Å²) in [6.45, 7) is 5.44. The maximum absolute atomic E-state index is 4.54. The summed E-state index contributed by atoms with van der Waals surface area (Å²) < 4.78 is 0.